The van der Waals surface area contributed by atoms with Crippen molar-refractivity contribution in [1.29, 1.82) is 0 Å². The van der Waals surface area contributed by atoms with Crippen LogP contribution < -0.4 is 0 Å². The lowest BCUT2D eigenvalue weighted by Crippen LogP contribution is -1.94. The topological polar surface area (TPSA) is 35.9 Å². The molecule has 0 amide bonds. The Morgan fingerprint density at radius 2 is 0.755 bits per heavy atom. The third-order valence-corrected chi connectivity index (χ3v) is 10.5. The summed E-state index contributed by atoms with van der Waals surface area (Å²) >= 11 is 0. The van der Waals surface area contributed by atoms with E-state index in [9.17, 15) is 0 Å². The summed E-state index contributed by atoms with van der Waals surface area (Å²) in [5.74, 6) is 0.608. The normalized spacial score (nSPS) is 11.8. The lowest BCUT2D eigenvalue weighted by Gasteiger charge is -2.11. The molecule has 0 aliphatic carbocycles. The lowest BCUT2D eigenvalue weighted by molar-refractivity contribution is 0.620. The number of rotatable bonds is 5. The molecule has 0 fully saturated rings. The highest BCUT2D eigenvalue weighted by Gasteiger charge is 2.15. The molecule has 0 atom stereocenters. The van der Waals surface area contributed by atoms with Crippen molar-refractivity contribution in [3.63, 3.8) is 0 Å². The van der Waals surface area contributed by atoms with E-state index in [1.807, 2.05) is 0 Å². The molecule has 0 spiro atoms. The molecule has 0 bridgehead atoms. The van der Waals surface area contributed by atoms with Crippen molar-refractivity contribution in [3.05, 3.63) is 188 Å². The number of nitrogens with zero attached hydrogens (tertiary/aromatic N) is 3. The Hall–Kier alpha value is -7.17. The Labute approximate surface area is 305 Å². The molecule has 11 aromatic rings. The van der Waals surface area contributed by atoms with Crippen LogP contribution in [0.15, 0.2) is 192 Å². The van der Waals surface area contributed by atoms with Crippen LogP contribution in [0.5, 0.6) is 0 Å². The van der Waals surface area contributed by atoms with Crippen LogP contribution in [-0.2, 0) is 0 Å². The van der Waals surface area contributed by atoms with Crippen molar-refractivity contribution in [2.24, 2.45) is 0 Å². The third kappa shape index (κ3) is 4.73. The zero-order valence-corrected chi connectivity index (χ0v) is 28.6. The minimum atomic E-state index is 0.608. The molecule has 3 aromatic heterocycles. The van der Waals surface area contributed by atoms with Gasteiger partial charge in [-0.15, -0.1) is 0 Å². The number of hydrogen-bond donors (Lipinski definition) is 0. The Bertz CT molecular complexity index is 3090. The first-order valence-corrected chi connectivity index (χ1v) is 18.0. The van der Waals surface area contributed by atoms with Crippen LogP contribution in [0.3, 0.4) is 0 Å². The Kier molecular flexibility index (Phi) is 6.52. The summed E-state index contributed by atoms with van der Waals surface area (Å²) in [6.45, 7) is 0. The van der Waals surface area contributed by atoms with Gasteiger partial charge in [-0.05, 0) is 95.1 Å². The molecule has 248 valence electrons. The maximum atomic E-state index is 6.48. The standard InChI is InChI=1S/C49H31N3O/c1-5-22-44-39(18-1)40-19-2-6-23-45(40)51(44)37-16-10-13-33(29-37)32-12-9-15-36(28-32)49-50-43-27-26-35(31-48(43)53-49)34-14-11-17-38(30-34)52-46-24-7-3-20-41(46)42-21-4-8-25-47(42)52/h1-31H. The van der Waals surface area contributed by atoms with E-state index < -0.39 is 0 Å². The van der Waals surface area contributed by atoms with Crippen molar-refractivity contribution in [2.45, 2.75) is 0 Å². The zero-order valence-electron chi connectivity index (χ0n) is 28.6. The van der Waals surface area contributed by atoms with E-state index in [0.717, 1.165) is 50.3 Å². The molecular formula is C49H31N3O. The molecule has 8 aromatic carbocycles. The molecule has 53 heavy (non-hydrogen) atoms. The van der Waals surface area contributed by atoms with Crippen molar-refractivity contribution in [1.82, 2.24) is 14.1 Å². The summed E-state index contributed by atoms with van der Waals surface area (Å²) in [5, 5.41) is 5.02. The van der Waals surface area contributed by atoms with Crippen LogP contribution in [0.2, 0.25) is 0 Å². The smallest absolute Gasteiger partial charge is 0.227 e. The van der Waals surface area contributed by atoms with Crippen LogP contribution in [0.4, 0.5) is 0 Å². The van der Waals surface area contributed by atoms with Gasteiger partial charge in [0.25, 0.3) is 0 Å². The van der Waals surface area contributed by atoms with E-state index in [-0.39, 0.29) is 0 Å². The molecule has 11 rings (SSSR count). The lowest BCUT2D eigenvalue weighted by atomic mass is 10.0. The first kappa shape index (κ1) is 29.5. The second kappa shape index (κ2) is 11.7. The first-order chi connectivity index (χ1) is 26.3. The Morgan fingerprint density at radius 3 is 1.26 bits per heavy atom. The molecule has 0 saturated carbocycles. The fraction of sp³-hybridized carbons (Fsp3) is 0. The van der Waals surface area contributed by atoms with Crippen LogP contribution in [0.1, 0.15) is 0 Å². The number of benzene rings is 8. The third-order valence-electron chi connectivity index (χ3n) is 10.5. The summed E-state index contributed by atoms with van der Waals surface area (Å²) < 4.78 is 11.2. The van der Waals surface area contributed by atoms with E-state index in [1.54, 1.807) is 0 Å². The minimum Gasteiger partial charge on any atom is -0.436 e. The summed E-state index contributed by atoms with van der Waals surface area (Å²) in [6, 6.07) is 66.7. The van der Waals surface area contributed by atoms with E-state index in [2.05, 4.69) is 197 Å². The van der Waals surface area contributed by atoms with Crippen LogP contribution in [0, 0.1) is 0 Å². The number of hydrogen-bond acceptors (Lipinski definition) is 2. The Balaban J connectivity index is 0.948. The quantitative estimate of drug-likeness (QED) is 0.182. The molecule has 0 N–H and O–H groups in total. The van der Waals surface area contributed by atoms with E-state index >= 15 is 0 Å². The molecule has 0 radical (unpaired) electrons. The van der Waals surface area contributed by atoms with Gasteiger partial charge in [-0.1, -0.05) is 115 Å². The van der Waals surface area contributed by atoms with E-state index in [0.29, 0.717) is 5.89 Å². The fourth-order valence-electron chi connectivity index (χ4n) is 8.11. The average molecular weight is 678 g/mol. The molecule has 0 saturated heterocycles. The molecular weight excluding hydrogens is 647 g/mol. The maximum Gasteiger partial charge on any atom is 0.227 e. The number of aromatic nitrogens is 3. The van der Waals surface area contributed by atoms with Gasteiger partial charge in [0.1, 0.15) is 5.52 Å². The minimum absolute atomic E-state index is 0.608. The highest BCUT2D eigenvalue weighted by molar-refractivity contribution is 6.10. The molecule has 4 heteroatoms. The highest BCUT2D eigenvalue weighted by atomic mass is 16.3. The molecule has 0 aliphatic heterocycles. The molecule has 4 nitrogen and oxygen atoms in total. The maximum absolute atomic E-state index is 6.48. The van der Waals surface area contributed by atoms with Crippen LogP contribution in [0.25, 0.3) is 99.8 Å². The fourth-order valence-corrected chi connectivity index (χ4v) is 8.11. The van der Waals surface area contributed by atoms with Crippen LogP contribution >= 0.6 is 0 Å². The highest BCUT2D eigenvalue weighted by Crippen LogP contribution is 2.36. The first-order valence-electron chi connectivity index (χ1n) is 18.0. The van der Waals surface area contributed by atoms with E-state index in [4.69, 9.17) is 9.40 Å². The van der Waals surface area contributed by atoms with Gasteiger partial charge in [0.15, 0.2) is 5.58 Å². The molecule has 0 unspecified atom stereocenters. The second-order valence-electron chi connectivity index (χ2n) is 13.6. The van der Waals surface area contributed by atoms with Crippen molar-refractivity contribution in [2.75, 3.05) is 0 Å². The number of oxazole rings is 1. The van der Waals surface area contributed by atoms with Gasteiger partial charge < -0.3 is 13.6 Å². The van der Waals surface area contributed by atoms with Gasteiger partial charge >= 0.3 is 0 Å². The zero-order chi connectivity index (χ0) is 34.9. The van der Waals surface area contributed by atoms with Gasteiger partial charge in [0.2, 0.25) is 5.89 Å². The van der Waals surface area contributed by atoms with Crippen molar-refractivity contribution in [3.8, 4) is 45.1 Å². The number of para-hydroxylation sites is 4. The van der Waals surface area contributed by atoms with Crippen molar-refractivity contribution >= 4 is 54.7 Å². The van der Waals surface area contributed by atoms with Gasteiger partial charge in [-0.2, -0.15) is 0 Å². The predicted molar refractivity (Wildman–Crippen MR) is 219 cm³/mol. The van der Waals surface area contributed by atoms with Gasteiger partial charge in [0, 0.05) is 38.5 Å². The largest absolute Gasteiger partial charge is 0.436 e. The van der Waals surface area contributed by atoms with Crippen molar-refractivity contribution < 1.29 is 4.42 Å². The molecule has 0 aliphatic rings. The van der Waals surface area contributed by atoms with Crippen LogP contribution in [-0.4, -0.2) is 14.1 Å². The predicted octanol–water partition coefficient (Wildman–Crippen LogP) is 13.0. The SMILES string of the molecule is c1cc(-c2cccc(-n3c4ccccc4c4ccccc43)c2)cc(-c2nc3ccc(-c4cccc(-n5c6ccccc6c6ccccc65)c4)cc3o2)c1. The summed E-state index contributed by atoms with van der Waals surface area (Å²) in [4.78, 5) is 4.93. The Morgan fingerprint density at radius 1 is 0.340 bits per heavy atom. The van der Waals surface area contributed by atoms with Gasteiger partial charge in [-0.3, -0.25) is 0 Å². The monoisotopic (exact) mass is 677 g/mol. The van der Waals surface area contributed by atoms with Gasteiger partial charge in [-0.25, -0.2) is 4.98 Å². The van der Waals surface area contributed by atoms with Gasteiger partial charge in [0.05, 0.1) is 22.1 Å². The average Bonchev–Trinajstić information content (AvgIpc) is 3.91. The molecule has 3 heterocycles. The number of fused-ring (bicyclic) bond motifs is 7. The summed E-state index contributed by atoms with van der Waals surface area (Å²) in [7, 11) is 0. The second-order valence-corrected chi connectivity index (χ2v) is 13.6. The van der Waals surface area contributed by atoms with E-state index in [1.165, 1.54) is 43.6 Å². The summed E-state index contributed by atoms with van der Waals surface area (Å²) in [5.41, 5.74) is 14.0. The summed E-state index contributed by atoms with van der Waals surface area (Å²) in [6.07, 6.45) is 0.